The van der Waals surface area contributed by atoms with Gasteiger partial charge in [-0.25, -0.2) is 18.4 Å². The maximum Gasteiger partial charge on any atom is 0.289 e. The maximum absolute atomic E-state index is 12.1. The second-order valence-corrected chi connectivity index (χ2v) is 6.18. The Morgan fingerprint density at radius 1 is 1.19 bits per heavy atom. The smallest absolute Gasteiger partial charge is 0.262 e. The Bertz CT molecular complexity index is 795. The van der Waals surface area contributed by atoms with Crippen LogP contribution in [0.3, 0.4) is 0 Å². The van der Waals surface area contributed by atoms with Gasteiger partial charge in [0.1, 0.15) is 10.2 Å². The molecule has 110 valence electrons. The lowest BCUT2D eigenvalue weighted by molar-refractivity contribution is -0.384. The van der Waals surface area contributed by atoms with E-state index in [2.05, 4.69) is 14.7 Å². The Labute approximate surface area is 128 Å². The number of rotatable bonds is 4. The molecule has 1 N–H and O–H groups in total. The van der Waals surface area contributed by atoms with Crippen molar-refractivity contribution in [1.82, 2.24) is 9.97 Å². The quantitative estimate of drug-likeness (QED) is 0.670. The molecular formula is C10H6Cl2N4O4S. The van der Waals surface area contributed by atoms with Gasteiger partial charge in [-0.2, -0.15) is 0 Å². The molecule has 21 heavy (non-hydrogen) atoms. The highest BCUT2D eigenvalue weighted by Gasteiger charge is 2.21. The summed E-state index contributed by atoms with van der Waals surface area (Å²) in [5, 5.41) is 10.7. The van der Waals surface area contributed by atoms with Crippen molar-refractivity contribution in [3.05, 3.63) is 50.9 Å². The highest BCUT2D eigenvalue weighted by atomic mass is 35.5. The van der Waals surface area contributed by atoms with E-state index in [0.717, 1.165) is 30.6 Å². The molecule has 0 aliphatic carbocycles. The van der Waals surface area contributed by atoms with E-state index in [1.54, 1.807) is 0 Å². The third-order valence-corrected chi connectivity index (χ3v) is 4.15. The number of sulfonamides is 1. The number of hydrogen-bond acceptors (Lipinski definition) is 6. The number of nitrogens with zero attached hydrogens (tertiary/aromatic N) is 3. The van der Waals surface area contributed by atoms with Crippen molar-refractivity contribution in [1.29, 1.82) is 0 Å². The van der Waals surface area contributed by atoms with Crippen LogP contribution >= 0.6 is 23.2 Å². The van der Waals surface area contributed by atoms with Crippen LogP contribution in [0.25, 0.3) is 0 Å². The van der Waals surface area contributed by atoms with E-state index in [1.165, 1.54) is 0 Å². The van der Waals surface area contributed by atoms with Crippen LogP contribution in [0.5, 0.6) is 0 Å². The molecule has 2 aromatic rings. The van der Waals surface area contributed by atoms with Crippen LogP contribution < -0.4 is 4.72 Å². The number of aromatic nitrogens is 2. The Kier molecular flexibility index (Phi) is 4.26. The van der Waals surface area contributed by atoms with E-state index in [0.29, 0.717) is 0 Å². The van der Waals surface area contributed by atoms with Crippen molar-refractivity contribution in [2.45, 2.75) is 4.90 Å². The summed E-state index contributed by atoms with van der Waals surface area (Å²) in [5.74, 6) is -0.0722. The molecule has 0 unspecified atom stereocenters. The summed E-state index contributed by atoms with van der Waals surface area (Å²) < 4.78 is 26.3. The fourth-order valence-electron chi connectivity index (χ4n) is 1.36. The van der Waals surface area contributed by atoms with E-state index >= 15 is 0 Å². The zero-order chi connectivity index (χ0) is 15.6. The molecular weight excluding hydrogens is 343 g/mol. The van der Waals surface area contributed by atoms with Crippen molar-refractivity contribution < 1.29 is 13.3 Å². The summed E-state index contributed by atoms with van der Waals surface area (Å²) in [6, 6.07) is 3.12. The Morgan fingerprint density at radius 2 is 1.90 bits per heavy atom. The van der Waals surface area contributed by atoms with E-state index in [-0.39, 0.29) is 20.9 Å². The monoisotopic (exact) mass is 348 g/mol. The highest BCUT2D eigenvalue weighted by Crippen LogP contribution is 2.27. The van der Waals surface area contributed by atoms with Crippen molar-refractivity contribution in [2.24, 2.45) is 0 Å². The lowest BCUT2D eigenvalue weighted by Crippen LogP contribution is -2.14. The van der Waals surface area contributed by atoms with Crippen LogP contribution in [-0.2, 0) is 10.0 Å². The zero-order valence-corrected chi connectivity index (χ0v) is 12.4. The molecule has 0 saturated heterocycles. The van der Waals surface area contributed by atoms with E-state index in [4.69, 9.17) is 23.2 Å². The summed E-state index contributed by atoms with van der Waals surface area (Å²) in [6.45, 7) is 0. The molecule has 0 spiro atoms. The standard InChI is InChI=1S/C10H6Cl2N4O4S/c11-7-2-1-6(3-8(7)16(17)18)21(19,20)15-10-5-13-9(12)4-14-10/h1-5H,(H,14,15). The third-order valence-electron chi connectivity index (χ3n) is 2.28. The van der Waals surface area contributed by atoms with Gasteiger partial charge in [0.2, 0.25) is 0 Å². The topological polar surface area (TPSA) is 115 Å². The number of halogens is 2. The van der Waals surface area contributed by atoms with E-state index in [1.807, 2.05) is 0 Å². The van der Waals surface area contributed by atoms with Gasteiger partial charge in [-0.15, -0.1) is 0 Å². The lowest BCUT2D eigenvalue weighted by Gasteiger charge is -2.07. The number of nitrogens with one attached hydrogen (secondary N) is 1. The van der Waals surface area contributed by atoms with Crippen LogP contribution in [0.4, 0.5) is 11.5 Å². The van der Waals surface area contributed by atoms with Gasteiger partial charge >= 0.3 is 0 Å². The minimum Gasteiger partial charge on any atom is -0.262 e. The van der Waals surface area contributed by atoms with Crippen molar-refractivity contribution in [3.8, 4) is 0 Å². The normalized spacial score (nSPS) is 11.1. The maximum atomic E-state index is 12.1. The second kappa shape index (κ2) is 5.80. The van der Waals surface area contributed by atoms with Gasteiger partial charge in [0.25, 0.3) is 15.7 Å². The summed E-state index contributed by atoms with van der Waals surface area (Å²) >= 11 is 11.2. The molecule has 8 nitrogen and oxygen atoms in total. The summed E-state index contributed by atoms with van der Waals surface area (Å²) in [4.78, 5) is 17.1. The summed E-state index contributed by atoms with van der Waals surface area (Å²) in [5.41, 5.74) is -0.512. The van der Waals surface area contributed by atoms with Crippen LogP contribution in [-0.4, -0.2) is 23.3 Å². The molecule has 0 bridgehead atoms. The van der Waals surface area contributed by atoms with Gasteiger partial charge < -0.3 is 0 Å². The van der Waals surface area contributed by atoms with Crippen molar-refractivity contribution in [3.63, 3.8) is 0 Å². The molecule has 0 amide bonds. The molecule has 2 rings (SSSR count). The van der Waals surface area contributed by atoms with Gasteiger partial charge in [-0.3, -0.25) is 14.8 Å². The lowest BCUT2D eigenvalue weighted by atomic mass is 10.3. The third kappa shape index (κ3) is 3.57. The van der Waals surface area contributed by atoms with Gasteiger partial charge in [0.05, 0.1) is 22.2 Å². The first-order chi connectivity index (χ1) is 9.79. The molecule has 0 saturated carbocycles. The molecule has 1 aromatic carbocycles. The first-order valence-electron chi connectivity index (χ1n) is 5.24. The number of hydrogen-bond donors (Lipinski definition) is 1. The number of benzene rings is 1. The average molecular weight is 349 g/mol. The van der Waals surface area contributed by atoms with Crippen LogP contribution in [0, 0.1) is 10.1 Å². The average Bonchev–Trinajstić information content (AvgIpc) is 2.41. The molecule has 11 heteroatoms. The Hall–Kier alpha value is -1.97. The molecule has 0 aliphatic heterocycles. The van der Waals surface area contributed by atoms with Gasteiger partial charge in [0.15, 0.2) is 5.82 Å². The summed E-state index contributed by atoms with van der Waals surface area (Å²) in [6.07, 6.45) is 2.27. The largest absolute Gasteiger partial charge is 0.289 e. The molecule has 0 aliphatic rings. The first kappa shape index (κ1) is 15.4. The first-order valence-corrected chi connectivity index (χ1v) is 7.48. The predicted molar refractivity (Wildman–Crippen MR) is 76.0 cm³/mol. The van der Waals surface area contributed by atoms with Crippen molar-refractivity contribution >= 4 is 44.7 Å². The Morgan fingerprint density at radius 3 is 2.48 bits per heavy atom. The van der Waals surface area contributed by atoms with E-state index in [9.17, 15) is 18.5 Å². The fourth-order valence-corrected chi connectivity index (χ4v) is 2.66. The number of nitro benzene ring substituents is 1. The van der Waals surface area contributed by atoms with E-state index < -0.39 is 20.6 Å². The predicted octanol–water partition coefficient (Wildman–Crippen LogP) is 2.49. The summed E-state index contributed by atoms with van der Waals surface area (Å²) in [7, 11) is -4.06. The number of anilines is 1. The van der Waals surface area contributed by atoms with Gasteiger partial charge in [0, 0.05) is 6.07 Å². The minimum atomic E-state index is -4.06. The van der Waals surface area contributed by atoms with Gasteiger partial charge in [-0.1, -0.05) is 23.2 Å². The van der Waals surface area contributed by atoms with Crippen molar-refractivity contribution in [2.75, 3.05) is 4.72 Å². The molecule has 0 fully saturated rings. The highest BCUT2D eigenvalue weighted by molar-refractivity contribution is 7.92. The van der Waals surface area contributed by atoms with Crippen LogP contribution in [0.1, 0.15) is 0 Å². The van der Waals surface area contributed by atoms with Crippen LogP contribution in [0.15, 0.2) is 35.5 Å². The zero-order valence-electron chi connectivity index (χ0n) is 10.0. The second-order valence-electron chi connectivity index (χ2n) is 3.70. The minimum absolute atomic E-state index is 0.0722. The fraction of sp³-hybridized carbons (Fsp3) is 0. The molecule has 1 aromatic heterocycles. The molecule has 1 heterocycles. The molecule has 0 radical (unpaired) electrons. The Balaban J connectivity index is 2.38. The SMILES string of the molecule is O=[N+]([O-])c1cc(S(=O)(=O)Nc2cnc(Cl)cn2)ccc1Cl. The molecule has 0 atom stereocenters. The van der Waals surface area contributed by atoms with Crippen LogP contribution in [0.2, 0.25) is 10.2 Å². The number of nitro groups is 1. The van der Waals surface area contributed by atoms with Gasteiger partial charge in [-0.05, 0) is 12.1 Å².